The fourth-order valence-electron chi connectivity index (χ4n) is 1.59. The van der Waals surface area contributed by atoms with Crippen LogP contribution in [0.3, 0.4) is 0 Å². The van der Waals surface area contributed by atoms with Gasteiger partial charge in [-0.25, -0.2) is 4.79 Å². The molecule has 1 aromatic heterocycles. The van der Waals surface area contributed by atoms with Crippen LogP contribution in [0.1, 0.15) is 5.56 Å². The zero-order chi connectivity index (χ0) is 11.0. The summed E-state index contributed by atoms with van der Waals surface area (Å²) >= 11 is 0. The van der Waals surface area contributed by atoms with Gasteiger partial charge in [0.2, 0.25) is 0 Å². The maximum absolute atomic E-state index is 11.1. The van der Waals surface area contributed by atoms with Crippen molar-refractivity contribution < 1.29 is 4.42 Å². The fraction of sp³-hybridized carbons (Fsp3) is 0.250. The first kappa shape index (κ1) is 9.77. The highest BCUT2D eigenvalue weighted by molar-refractivity contribution is 5.83. The van der Waals surface area contributed by atoms with Gasteiger partial charge in [0, 0.05) is 31.2 Å². The molecule has 0 saturated heterocycles. The number of fused-ring (bicyclic) bond motifs is 1. The number of aryl methyl sites for hydroxylation is 1. The summed E-state index contributed by atoms with van der Waals surface area (Å²) in [5.74, 6) is 0. The molecule has 0 saturated carbocycles. The van der Waals surface area contributed by atoms with Crippen molar-refractivity contribution in [3.63, 3.8) is 0 Å². The van der Waals surface area contributed by atoms with Gasteiger partial charge < -0.3 is 9.32 Å². The third-order valence-electron chi connectivity index (χ3n) is 2.45. The van der Waals surface area contributed by atoms with Crippen LogP contribution in [0, 0.1) is 6.92 Å². The molecule has 0 radical (unpaired) electrons. The Morgan fingerprint density at radius 1 is 1.20 bits per heavy atom. The van der Waals surface area contributed by atoms with Crippen LogP contribution in [-0.2, 0) is 0 Å². The number of hydrogen-bond acceptors (Lipinski definition) is 3. The smallest absolute Gasteiger partial charge is 0.336 e. The monoisotopic (exact) mass is 203 g/mol. The Balaban J connectivity index is 2.77. The van der Waals surface area contributed by atoms with Gasteiger partial charge in [-0.2, -0.15) is 0 Å². The van der Waals surface area contributed by atoms with E-state index < -0.39 is 0 Å². The molecule has 0 unspecified atom stereocenters. The molecule has 0 spiro atoms. The zero-order valence-corrected chi connectivity index (χ0v) is 9.07. The van der Waals surface area contributed by atoms with Crippen molar-refractivity contribution in [2.75, 3.05) is 19.0 Å². The highest BCUT2D eigenvalue weighted by Gasteiger charge is 2.03. The van der Waals surface area contributed by atoms with E-state index in [9.17, 15) is 4.79 Å². The van der Waals surface area contributed by atoms with E-state index in [4.69, 9.17) is 4.42 Å². The minimum Gasteiger partial charge on any atom is -0.423 e. The first-order valence-electron chi connectivity index (χ1n) is 4.80. The minimum atomic E-state index is -0.294. The van der Waals surface area contributed by atoms with Gasteiger partial charge >= 0.3 is 5.63 Å². The molecule has 3 heteroatoms. The van der Waals surface area contributed by atoms with Crippen molar-refractivity contribution in [3.8, 4) is 0 Å². The molecular formula is C12H13NO2. The molecule has 15 heavy (non-hydrogen) atoms. The highest BCUT2D eigenvalue weighted by atomic mass is 16.4. The normalized spacial score (nSPS) is 10.6. The summed E-state index contributed by atoms with van der Waals surface area (Å²) in [7, 11) is 3.96. The quantitative estimate of drug-likeness (QED) is 0.666. The van der Waals surface area contributed by atoms with E-state index in [2.05, 4.69) is 0 Å². The van der Waals surface area contributed by atoms with Crippen LogP contribution in [0.4, 0.5) is 5.69 Å². The van der Waals surface area contributed by atoms with Gasteiger partial charge in [0.1, 0.15) is 5.58 Å². The van der Waals surface area contributed by atoms with Gasteiger partial charge in [0.15, 0.2) is 0 Å². The molecule has 78 valence electrons. The van der Waals surface area contributed by atoms with Crippen molar-refractivity contribution in [1.29, 1.82) is 0 Å². The lowest BCUT2D eigenvalue weighted by atomic mass is 10.1. The maximum atomic E-state index is 11.1. The number of anilines is 1. The number of rotatable bonds is 1. The van der Waals surface area contributed by atoms with Gasteiger partial charge in [-0.15, -0.1) is 0 Å². The van der Waals surface area contributed by atoms with Gasteiger partial charge in [-0.3, -0.25) is 0 Å². The molecule has 2 rings (SSSR count). The van der Waals surface area contributed by atoms with E-state index in [1.165, 1.54) is 6.07 Å². The van der Waals surface area contributed by atoms with Crippen molar-refractivity contribution in [2.45, 2.75) is 6.92 Å². The minimum absolute atomic E-state index is 0.294. The van der Waals surface area contributed by atoms with Gasteiger partial charge in [0.25, 0.3) is 0 Å². The highest BCUT2D eigenvalue weighted by Crippen LogP contribution is 2.22. The summed E-state index contributed by atoms with van der Waals surface area (Å²) < 4.78 is 5.10. The summed E-state index contributed by atoms with van der Waals surface area (Å²) in [5.41, 5.74) is 2.40. The third kappa shape index (κ3) is 1.73. The first-order chi connectivity index (χ1) is 7.08. The molecule has 3 nitrogen and oxygen atoms in total. The van der Waals surface area contributed by atoms with Crippen molar-refractivity contribution in [1.82, 2.24) is 0 Å². The van der Waals surface area contributed by atoms with Gasteiger partial charge in [0.05, 0.1) is 0 Å². The topological polar surface area (TPSA) is 33.5 Å². The lowest BCUT2D eigenvalue weighted by Gasteiger charge is -2.13. The molecule has 1 aromatic carbocycles. The summed E-state index contributed by atoms with van der Waals surface area (Å²) in [6, 6.07) is 7.30. The second-order valence-electron chi connectivity index (χ2n) is 3.82. The molecule has 0 aliphatic carbocycles. The summed E-state index contributed by atoms with van der Waals surface area (Å²) in [5, 5.41) is 0.987. The molecule has 0 atom stereocenters. The molecule has 0 N–H and O–H groups in total. The van der Waals surface area contributed by atoms with E-state index in [-0.39, 0.29) is 5.63 Å². The Hall–Kier alpha value is -1.77. The molecule has 1 heterocycles. The Bertz CT molecular complexity index is 555. The van der Waals surface area contributed by atoms with E-state index >= 15 is 0 Å². The average Bonchev–Trinajstić information content (AvgIpc) is 2.16. The predicted octanol–water partition coefficient (Wildman–Crippen LogP) is 2.17. The average molecular weight is 203 g/mol. The summed E-state index contributed by atoms with van der Waals surface area (Å²) in [6.45, 7) is 1.92. The molecule has 0 aliphatic rings. The summed E-state index contributed by atoms with van der Waals surface area (Å²) in [4.78, 5) is 13.2. The molecular weight excluding hydrogens is 190 g/mol. The van der Waals surface area contributed by atoms with E-state index in [0.717, 1.165) is 16.6 Å². The van der Waals surface area contributed by atoms with Crippen LogP contribution >= 0.6 is 0 Å². The molecule has 0 aliphatic heterocycles. The molecule has 0 amide bonds. The van der Waals surface area contributed by atoms with E-state index in [1.807, 2.05) is 44.1 Å². The number of hydrogen-bond donors (Lipinski definition) is 0. The van der Waals surface area contributed by atoms with Crippen LogP contribution in [-0.4, -0.2) is 14.1 Å². The van der Waals surface area contributed by atoms with Crippen LogP contribution in [0.25, 0.3) is 11.0 Å². The number of nitrogens with zero attached hydrogens (tertiary/aromatic N) is 1. The molecule has 0 fully saturated rings. The van der Waals surface area contributed by atoms with Crippen molar-refractivity contribution >= 4 is 16.7 Å². The maximum Gasteiger partial charge on any atom is 0.336 e. The van der Waals surface area contributed by atoms with Crippen LogP contribution < -0.4 is 10.5 Å². The van der Waals surface area contributed by atoms with Crippen LogP contribution in [0.5, 0.6) is 0 Å². The Kier molecular flexibility index (Phi) is 2.23. The van der Waals surface area contributed by atoms with Crippen LogP contribution in [0.15, 0.2) is 33.5 Å². The third-order valence-corrected chi connectivity index (χ3v) is 2.45. The van der Waals surface area contributed by atoms with Gasteiger partial charge in [-0.05, 0) is 30.7 Å². The Morgan fingerprint density at radius 3 is 2.60 bits per heavy atom. The Labute approximate surface area is 87.9 Å². The fourth-order valence-corrected chi connectivity index (χ4v) is 1.59. The Morgan fingerprint density at radius 2 is 1.93 bits per heavy atom. The van der Waals surface area contributed by atoms with Crippen molar-refractivity contribution in [3.05, 3.63) is 40.2 Å². The largest absolute Gasteiger partial charge is 0.423 e. The lowest BCUT2D eigenvalue weighted by molar-refractivity contribution is 0.560. The zero-order valence-electron chi connectivity index (χ0n) is 9.07. The second kappa shape index (κ2) is 3.42. The standard InChI is InChI=1S/C12H13NO2/c1-8-6-12(14)15-11-5-4-9(13(2)3)7-10(8)11/h4-7H,1-3H3. The molecule has 0 bridgehead atoms. The first-order valence-corrected chi connectivity index (χ1v) is 4.80. The van der Waals surface area contributed by atoms with Crippen LogP contribution in [0.2, 0.25) is 0 Å². The molecule has 2 aromatic rings. The van der Waals surface area contributed by atoms with Gasteiger partial charge in [-0.1, -0.05) is 0 Å². The SMILES string of the molecule is Cc1cc(=O)oc2ccc(N(C)C)cc12. The predicted molar refractivity (Wildman–Crippen MR) is 61.5 cm³/mol. The van der Waals surface area contributed by atoms with E-state index in [0.29, 0.717) is 5.58 Å². The second-order valence-corrected chi connectivity index (χ2v) is 3.82. The van der Waals surface area contributed by atoms with E-state index in [1.54, 1.807) is 0 Å². The van der Waals surface area contributed by atoms with Crippen molar-refractivity contribution in [2.24, 2.45) is 0 Å². The lowest BCUT2D eigenvalue weighted by Crippen LogP contribution is -2.08. The summed E-state index contributed by atoms with van der Waals surface area (Å²) in [6.07, 6.45) is 0. The number of benzene rings is 1.